The van der Waals surface area contributed by atoms with Crippen LogP contribution in [0.1, 0.15) is 15.9 Å². The molecule has 120 valence electrons. The number of carboxylic acid groups (broad SMARTS) is 1. The number of hydrogen-bond acceptors (Lipinski definition) is 5. The lowest BCUT2D eigenvalue weighted by molar-refractivity contribution is 0.0694. The van der Waals surface area contributed by atoms with Crippen LogP contribution in [0.3, 0.4) is 0 Å². The Morgan fingerprint density at radius 2 is 1.87 bits per heavy atom. The summed E-state index contributed by atoms with van der Waals surface area (Å²) in [4.78, 5) is 20.1. The van der Waals surface area contributed by atoms with Gasteiger partial charge in [-0.15, -0.1) is 0 Å². The van der Waals surface area contributed by atoms with E-state index in [-0.39, 0.29) is 0 Å². The van der Waals surface area contributed by atoms with Gasteiger partial charge in [0.1, 0.15) is 5.82 Å². The Balaban J connectivity index is 1.61. The first kappa shape index (κ1) is 15.3. The van der Waals surface area contributed by atoms with E-state index in [0.29, 0.717) is 17.8 Å². The number of nitrogens with two attached hydrogens (primary N) is 1. The molecule has 23 heavy (non-hydrogen) atoms. The number of aromatic nitrogens is 1. The van der Waals surface area contributed by atoms with E-state index in [1.165, 1.54) is 0 Å². The fourth-order valence-corrected chi connectivity index (χ4v) is 2.83. The molecule has 3 rings (SSSR count). The molecule has 0 spiro atoms. The molecule has 1 aromatic carbocycles. The molecule has 6 heteroatoms. The number of nitrogen functional groups attached to an aromatic ring is 1. The summed E-state index contributed by atoms with van der Waals surface area (Å²) in [6.45, 7) is 4.14. The molecule has 1 fully saturated rings. The molecule has 1 saturated heterocycles. The van der Waals surface area contributed by atoms with Crippen molar-refractivity contribution in [3.05, 3.63) is 53.7 Å². The van der Waals surface area contributed by atoms with Gasteiger partial charge in [-0.05, 0) is 23.8 Å². The second-order valence-corrected chi connectivity index (χ2v) is 5.68. The first-order valence-electron chi connectivity index (χ1n) is 7.63. The summed E-state index contributed by atoms with van der Waals surface area (Å²) < 4.78 is 0. The molecular weight excluding hydrogens is 292 g/mol. The molecule has 6 nitrogen and oxygen atoms in total. The maximum atomic E-state index is 11.3. The first-order valence-corrected chi connectivity index (χ1v) is 7.63. The number of carbonyl (C=O) groups is 1. The van der Waals surface area contributed by atoms with Gasteiger partial charge in [0.15, 0.2) is 0 Å². The number of aromatic carboxylic acids is 1. The minimum atomic E-state index is -0.870. The average Bonchev–Trinajstić information content (AvgIpc) is 2.57. The monoisotopic (exact) mass is 312 g/mol. The molecule has 0 atom stereocenters. The molecule has 2 aromatic rings. The van der Waals surface area contributed by atoms with Crippen molar-refractivity contribution < 1.29 is 9.90 Å². The van der Waals surface area contributed by atoms with Crippen molar-refractivity contribution in [3.63, 3.8) is 0 Å². The lowest BCUT2D eigenvalue weighted by atomic mass is 10.1. The molecule has 1 aliphatic heterocycles. The van der Waals surface area contributed by atoms with Crippen LogP contribution in [-0.2, 0) is 6.54 Å². The van der Waals surface area contributed by atoms with Crippen molar-refractivity contribution in [2.24, 2.45) is 0 Å². The van der Waals surface area contributed by atoms with Crippen LogP contribution in [0.4, 0.5) is 11.5 Å². The number of carboxylic acids is 1. The Morgan fingerprint density at radius 1 is 1.13 bits per heavy atom. The van der Waals surface area contributed by atoms with E-state index in [4.69, 9.17) is 5.73 Å². The van der Waals surface area contributed by atoms with Crippen molar-refractivity contribution in [2.75, 3.05) is 36.8 Å². The van der Waals surface area contributed by atoms with Gasteiger partial charge in [-0.2, -0.15) is 0 Å². The minimum Gasteiger partial charge on any atom is -0.478 e. The molecule has 1 aromatic heterocycles. The fraction of sp³-hybridized carbons (Fsp3) is 0.294. The highest BCUT2D eigenvalue weighted by Crippen LogP contribution is 2.17. The van der Waals surface area contributed by atoms with Crippen molar-refractivity contribution >= 4 is 17.5 Å². The lowest BCUT2D eigenvalue weighted by Gasteiger charge is -2.35. The van der Waals surface area contributed by atoms with Gasteiger partial charge in [-0.1, -0.05) is 18.2 Å². The molecule has 0 unspecified atom stereocenters. The summed E-state index contributed by atoms with van der Waals surface area (Å²) in [6, 6.07) is 11.0. The molecule has 0 amide bonds. The summed E-state index contributed by atoms with van der Waals surface area (Å²) in [6.07, 6.45) is 1.67. The summed E-state index contributed by atoms with van der Waals surface area (Å²) >= 11 is 0. The van der Waals surface area contributed by atoms with E-state index in [9.17, 15) is 9.90 Å². The van der Waals surface area contributed by atoms with E-state index in [0.717, 1.165) is 37.6 Å². The number of pyridine rings is 1. The molecule has 0 saturated carbocycles. The smallest absolute Gasteiger partial charge is 0.336 e. The van der Waals surface area contributed by atoms with Crippen molar-refractivity contribution in [3.8, 4) is 0 Å². The summed E-state index contributed by atoms with van der Waals surface area (Å²) in [5, 5.41) is 9.26. The predicted octanol–water partition coefficient (Wildman–Crippen LogP) is 1.68. The second-order valence-electron chi connectivity index (χ2n) is 5.68. The fourth-order valence-electron chi connectivity index (χ4n) is 2.83. The summed E-state index contributed by atoms with van der Waals surface area (Å²) in [5.74, 6) is 0.0649. The van der Waals surface area contributed by atoms with Gasteiger partial charge in [-0.3, -0.25) is 4.90 Å². The Hall–Kier alpha value is -2.60. The number of nitrogens with zero attached hydrogens (tertiary/aromatic N) is 3. The zero-order chi connectivity index (χ0) is 16.2. The molecular formula is C17H20N4O2. The zero-order valence-corrected chi connectivity index (χ0v) is 12.9. The molecule has 1 aliphatic rings. The van der Waals surface area contributed by atoms with Gasteiger partial charge in [-0.25, -0.2) is 9.78 Å². The molecule has 0 bridgehead atoms. The Bertz CT molecular complexity index is 679. The average molecular weight is 312 g/mol. The normalized spacial score (nSPS) is 15.6. The van der Waals surface area contributed by atoms with Crippen molar-refractivity contribution in [2.45, 2.75) is 6.54 Å². The number of benzene rings is 1. The summed E-state index contributed by atoms with van der Waals surface area (Å²) in [5.41, 5.74) is 7.57. The van der Waals surface area contributed by atoms with Gasteiger partial charge >= 0.3 is 5.97 Å². The van der Waals surface area contributed by atoms with Crippen LogP contribution in [0.15, 0.2) is 42.6 Å². The van der Waals surface area contributed by atoms with E-state index < -0.39 is 5.97 Å². The zero-order valence-electron chi connectivity index (χ0n) is 12.9. The van der Waals surface area contributed by atoms with Crippen LogP contribution in [0.25, 0.3) is 0 Å². The maximum Gasteiger partial charge on any atom is 0.336 e. The third-order valence-corrected chi connectivity index (χ3v) is 4.11. The maximum absolute atomic E-state index is 11.3. The van der Waals surface area contributed by atoms with E-state index in [1.807, 2.05) is 24.3 Å². The third-order valence-electron chi connectivity index (χ3n) is 4.11. The van der Waals surface area contributed by atoms with Crippen LogP contribution in [0, 0.1) is 0 Å². The van der Waals surface area contributed by atoms with E-state index in [1.54, 1.807) is 18.3 Å². The SMILES string of the molecule is Nc1ccc(N2CCN(Cc3ccccc3C(=O)O)CC2)nc1. The van der Waals surface area contributed by atoms with Crippen LogP contribution in [0.5, 0.6) is 0 Å². The Labute approximate surface area is 135 Å². The third kappa shape index (κ3) is 3.60. The number of piperazine rings is 1. The van der Waals surface area contributed by atoms with Gasteiger partial charge < -0.3 is 15.7 Å². The number of rotatable bonds is 4. The first-order chi connectivity index (χ1) is 11.1. The van der Waals surface area contributed by atoms with E-state index >= 15 is 0 Å². The largest absolute Gasteiger partial charge is 0.478 e. The van der Waals surface area contributed by atoms with Gasteiger partial charge in [0, 0.05) is 32.7 Å². The van der Waals surface area contributed by atoms with Crippen LogP contribution < -0.4 is 10.6 Å². The second kappa shape index (κ2) is 6.66. The topological polar surface area (TPSA) is 82.7 Å². The molecule has 0 aliphatic carbocycles. The number of anilines is 2. The van der Waals surface area contributed by atoms with Crippen LogP contribution >= 0.6 is 0 Å². The molecule has 2 heterocycles. The number of hydrogen-bond donors (Lipinski definition) is 2. The molecule has 3 N–H and O–H groups in total. The minimum absolute atomic E-state index is 0.384. The summed E-state index contributed by atoms with van der Waals surface area (Å²) in [7, 11) is 0. The standard InChI is InChI=1S/C17H20N4O2/c18-14-5-6-16(19-11-14)21-9-7-20(8-10-21)12-13-3-1-2-4-15(13)17(22)23/h1-6,11H,7-10,12,18H2,(H,22,23). The Kier molecular flexibility index (Phi) is 4.43. The van der Waals surface area contributed by atoms with Gasteiger partial charge in [0.25, 0.3) is 0 Å². The predicted molar refractivity (Wildman–Crippen MR) is 89.5 cm³/mol. The van der Waals surface area contributed by atoms with Gasteiger partial charge in [0.05, 0.1) is 17.4 Å². The highest BCUT2D eigenvalue weighted by atomic mass is 16.4. The highest BCUT2D eigenvalue weighted by Gasteiger charge is 2.19. The lowest BCUT2D eigenvalue weighted by Crippen LogP contribution is -2.46. The highest BCUT2D eigenvalue weighted by molar-refractivity contribution is 5.89. The Morgan fingerprint density at radius 3 is 2.52 bits per heavy atom. The van der Waals surface area contributed by atoms with Crippen LogP contribution in [0.2, 0.25) is 0 Å². The quantitative estimate of drug-likeness (QED) is 0.894. The molecule has 0 radical (unpaired) electrons. The van der Waals surface area contributed by atoms with Gasteiger partial charge in [0.2, 0.25) is 0 Å². The van der Waals surface area contributed by atoms with Crippen LogP contribution in [-0.4, -0.2) is 47.1 Å². The van der Waals surface area contributed by atoms with Crippen molar-refractivity contribution in [1.82, 2.24) is 9.88 Å². The van der Waals surface area contributed by atoms with E-state index in [2.05, 4.69) is 14.8 Å². The van der Waals surface area contributed by atoms with Crippen molar-refractivity contribution in [1.29, 1.82) is 0 Å².